The summed E-state index contributed by atoms with van der Waals surface area (Å²) in [6.45, 7) is 4.02. The Labute approximate surface area is 156 Å². The van der Waals surface area contributed by atoms with E-state index in [0.29, 0.717) is 5.02 Å². The molecule has 0 spiro atoms. The highest BCUT2D eigenvalue weighted by molar-refractivity contribution is 7.17. The highest BCUT2D eigenvalue weighted by Gasteiger charge is 2.27. The lowest BCUT2D eigenvalue weighted by Crippen LogP contribution is -2.45. The molecule has 1 N–H and O–H groups in total. The highest BCUT2D eigenvalue weighted by atomic mass is 35.5. The molecule has 0 amide bonds. The summed E-state index contributed by atoms with van der Waals surface area (Å²) in [6, 6.07) is 14.6. The molecule has 1 aromatic heterocycles. The van der Waals surface area contributed by atoms with E-state index in [9.17, 15) is 0 Å². The van der Waals surface area contributed by atoms with E-state index >= 15 is 0 Å². The molecule has 5 heteroatoms. The lowest BCUT2D eigenvalue weighted by molar-refractivity contribution is 0.199. The van der Waals surface area contributed by atoms with Crippen LogP contribution in [0.15, 0.2) is 47.8 Å². The highest BCUT2D eigenvalue weighted by Crippen LogP contribution is 2.40. The number of nitrogens with one attached hydrogen (secondary N) is 1. The summed E-state index contributed by atoms with van der Waals surface area (Å²) >= 11 is 14.5. The van der Waals surface area contributed by atoms with Gasteiger partial charge in [-0.2, -0.15) is 0 Å². The molecule has 1 unspecified atom stereocenters. The third kappa shape index (κ3) is 3.07. The smallest absolute Gasteiger partial charge is 0.0631 e. The SMILES string of the molecule is Clc1ccc(C(c2csc3ccccc23)N2CCNCC2)c(Cl)c1. The minimum Gasteiger partial charge on any atom is -0.314 e. The van der Waals surface area contributed by atoms with E-state index in [-0.39, 0.29) is 6.04 Å². The van der Waals surface area contributed by atoms with Crippen molar-refractivity contribution in [1.82, 2.24) is 10.2 Å². The van der Waals surface area contributed by atoms with Crippen LogP contribution in [0.2, 0.25) is 10.0 Å². The number of benzene rings is 2. The Morgan fingerprint density at radius 3 is 2.58 bits per heavy atom. The standard InChI is InChI=1S/C19H18Cl2N2S/c20-13-5-6-15(17(21)11-13)19(23-9-7-22-8-10-23)16-12-24-18-4-2-1-3-14(16)18/h1-6,11-12,19,22H,7-10H2. The molecule has 1 saturated heterocycles. The molecular weight excluding hydrogens is 359 g/mol. The average molecular weight is 377 g/mol. The van der Waals surface area contributed by atoms with Crippen LogP contribution in [-0.2, 0) is 0 Å². The van der Waals surface area contributed by atoms with Gasteiger partial charge in [-0.15, -0.1) is 11.3 Å². The van der Waals surface area contributed by atoms with E-state index in [2.05, 4.69) is 45.9 Å². The fourth-order valence-electron chi connectivity index (χ4n) is 3.43. The van der Waals surface area contributed by atoms with Crippen molar-refractivity contribution in [2.75, 3.05) is 26.2 Å². The number of piperazine rings is 1. The first-order chi connectivity index (χ1) is 11.7. The van der Waals surface area contributed by atoms with Gasteiger partial charge >= 0.3 is 0 Å². The molecule has 1 atom stereocenters. The number of thiophene rings is 1. The molecular formula is C19H18Cl2N2S. The number of halogens is 2. The number of hydrogen-bond donors (Lipinski definition) is 1. The third-order valence-electron chi connectivity index (χ3n) is 4.58. The van der Waals surface area contributed by atoms with Gasteiger partial charge in [-0.25, -0.2) is 0 Å². The van der Waals surface area contributed by atoms with Crippen molar-refractivity contribution in [2.24, 2.45) is 0 Å². The molecule has 2 nitrogen and oxygen atoms in total. The third-order valence-corrected chi connectivity index (χ3v) is 6.12. The number of fused-ring (bicyclic) bond motifs is 1. The molecule has 0 bridgehead atoms. The minimum atomic E-state index is 0.160. The molecule has 2 aromatic carbocycles. The van der Waals surface area contributed by atoms with Gasteiger partial charge in [-0.3, -0.25) is 4.90 Å². The molecule has 124 valence electrons. The minimum absolute atomic E-state index is 0.160. The molecule has 3 aromatic rings. The van der Waals surface area contributed by atoms with Crippen LogP contribution in [0.4, 0.5) is 0 Å². The van der Waals surface area contributed by atoms with Crippen LogP contribution in [0.1, 0.15) is 17.2 Å². The molecule has 0 aliphatic carbocycles. The van der Waals surface area contributed by atoms with Crippen LogP contribution in [0.5, 0.6) is 0 Å². The maximum atomic E-state index is 6.59. The predicted octanol–water partition coefficient (Wildman–Crippen LogP) is 5.20. The summed E-state index contributed by atoms with van der Waals surface area (Å²) in [6.07, 6.45) is 0. The van der Waals surface area contributed by atoms with Crippen molar-refractivity contribution >= 4 is 44.6 Å². The largest absolute Gasteiger partial charge is 0.314 e. The van der Waals surface area contributed by atoms with Gasteiger partial charge in [-0.1, -0.05) is 47.5 Å². The molecule has 0 saturated carbocycles. The van der Waals surface area contributed by atoms with E-state index in [1.807, 2.05) is 12.1 Å². The number of nitrogens with zero attached hydrogens (tertiary/aromatic N) is 1. The average Bonchev–Trinajstić information content (AvgIpc) is 3.02. The van der Waals surface area contributed by atoms with Crippen LogP contribution in [0, 0.1) is 0 Å². The second kappa shape index (κ2) is 7.03. The Morgan fingerprint density at radius 1 is 1.00 bits per heavy atom. The summed E-state index contributed by atoms with van der Waals surface area (Å²) in [7, 11) is 0. The fourth-order valence-corrected chi connectivity index (χ4v) is 4.93. The Hall–Kier alpha value is -1.10. The van der Waals surface area contributed by atoms with Crippen molar-refractivity contribution in [3.05, 3.63) is 69.0 Å². The lowest BCUT2D eigenvalue weighted by atomic mass is 9.96. The van der Waals surface area contributed by atoms with Crippen LogP contribution in [0.25, 0.3) is 10.1 Å². The van der Waals surface area contributed by atoms with Gasteiger partial charge in [0.05, 0.1) is 6.04 Å². The topological polar surface area (TPSA) is 15.3 Å². The molecule has 1 aliphatic rings. The van der Waals surface area contributed by atoms with Crippen LogP contribution in [0.3, 0.4) is 0 Å². The quantitative estimate of drug-likeness (QED) is 0.675. The summed E-state index contributed by atoms with van der Waals surface area (Å²) in [4.78, 5) is 2.51. The zero-order valence-electron chi connectivity index (χ0n) is 13.1. The van der Waals surface area contributed by atoms with E-state index in [4.69, 9.17) is 23.2 Å². The van der Waals surface area contributed by atoms with Gasteiger partial charge in [0.25, 0.3) is 0 Å². The summed E-state index contributed by atoms with van der Waals surface area (Å²) < 4.78 is 1.32. The van der Waals surface area contributed by atoms with Crippen molar-refractivity contribution in [1.29, 1.82) is 0 Å². The van der Waals surface area contributed by atoms with Gasteiger partial charge in [-0.05, 0) is 40.1 Å². The summed E-state index contributed by atoms with van der Waals surface area (Å²) in [5, 5.41) is 8.45. The Morgan fingerprint density at radius 2 is 1.79 bits per heavy atom. The lowest BCUT2D eigenvalue weighted by Gasteiger charge is -2.35. The first kappa shape index (κ1) is 16.4. The van der Waals surface area contributed by atoms with Gasteiger partial charge in [0.1, 0.15) is 0 Å². The Kier molecular flexibility index (Phi) is 4.79. The van der Waals surface area contributed by atoms with Crippen LogP contribution >= 0.6 is 34.5 Å². The monoisotopic (exact) mass is 376 g/mol. The summed E-state index contributed by atoms with van der Waals surface area (Å²) in [5.74, 6) is 0. The molecule has 0 radical (unpaired) electrons. The maximum absolute atomic E-state index is 6.59. The molecule has 2 heterocycles. The van der Waals surface area contributed by atoms with Gasteiger partial charge in [0.15, 0.2) is 0 Å². The summed E-state index contributed by atoms with van der Waals surface area (Å²) in [5.41, 5.74) is 2.47. The van der Waals surface area contributed by atoms with Gasteiger partial charge in [0.2, 0.25) is 0 Å². The second-order valence-electron chi connectivity index (χ2n) is 6.04. The van der Waals surface area contributed by atoms with E-state index < -0.39 is 0 Å². The molecule has 1 fully saturated rings. The van der Waals surface area contributed by atoms with Gasteiger partial charge < -0.3 is 5.32 Å². The van der Waals surface area contributed by atoms with Crippen molar-refractivity contribution in [3.63, 3.8) is 0 Å². The first-order valence-electron chi connectivity index (χ1n) is 8.10. The van der Waals surface area contributed by atoms with Gasteiger partial charge in [0, 0.05) is 40.9 Å². The van der Waals surface area contributed by atoms with E-state index in [1.165, 1.54) is 15.6 Å². The molecule has 1 aliphatic heterocycles. The Balaban J connectivity index is 1.86. The first-order valence-corrected chi connectivity index (χ1v) is 9.73. The predicted molar refractivity (Wildman–Crippen MR) is 105 cm³/mol. The van der Waals surface area contributed by atoms with Crippen LogP contribution in [-0.4, -0.2) is 31.1 Å². The number of rotatable bonds is 3. The molecule has 4 rings (SSSR count). The fraction of sp³-hybridized carbons (Fsp3) is 0.263. The normalized spacial score (nSPS) is 17.2. The van der Waals surface area contributed by atoms with E-state index in [0.717, 1.165) is 36.8 Å². The maximum Gasteiger partial charge on any atom is 0.0631 e. The zero-order valence-corrected chi connectivity index (χ0v) is 15.5. The number of hydrogen-bond acceptors (Lipinski definition) is 3. The van der Waals surface area contributed by atoms with Crippen molar-refractivity contribution < 1.29 is 0 Å². The second-order valence-corrected chi connectivity index (χ2v) is 7.80. The van der Waals surface area contributed by atoms with Crippen molar-refractivity contribution in [2.45, 2.75) is 6.04 Å². The van der Waals surface area contributed by atoms with Crippen molar-refractivity contribution in [3.8, 4) is 0 Å². The molecule has 24 heavy (non-hydrogen) atoms. The van der Waals surface area contributed by atoms with Crippen LogP contribution < -0.4 is 5.32 Å². The zero-order chi connectivity index (χ0) is 16.5. The van der Waals surface area contributed by atoms with E-state index in [1.54, 1.807) is 11.3 Å². The Bertz CT molecular complexity index is 855.